The topological polar surface area (TPSA) is 76.4 Å². The number of aromatic nitrogens is 2. The number of carbonyl (C=O) groups is 1. The van der Waals surface area contributed by atoms with Crippen LogP contribution in [0.1, 0.15) is 49.2 Å². The fourth-order valence-corrected chi connectivity index (χ4v) is 3.89. The number of allylic oxidation sites excluding steroid dienone is 1. The standard InChI is InChI=1S/C26H27ClF3N3O3/c1-15(2)32-21(17-6-9-23(20(27)13-17)36-25(4,5)24(34)35)14-19-10-11-31-33(19)22-8-7-18(12-16(22)3)26(28,29)30/h6-13,21,32H,1,14H2,2-5H3,(H,34,35). The van der Waals surface area contributed by atoms with E-state index in [9.17, 15) is 23.1 Å². The Morgan fingerprint density at radius 1 is 1.22 bits per heavy atom. The van der Waals surface area contributed by atoms with Crippen LogP contribution in [0.3, 0.4) is 0 Å². The second kappa shape index (κ2) is 10.3. The molecule has 1 unspecified atom stereocenters. The highest BCUT2D eigenvalue weighted by atomic mass is 35.5. The Balaban J connectivity index is 1.93. The molecule has 2 N–H and O–H groups in total. The molecule has 3 aromatic rings. The van der Waals surface area contributed by atoms with Crippen LogP contribution in [0.4, 0.5) is 13.2 Å². The van der Waals surface area contributed by atoms with E-state index in [0.717, 1.165) is 23.4 Å². The van der Waals surface area contributed by atoms with Crippen molar-refractivity contribution in [1.82, 2.24) is 15.1 Å². The van der Waals surface area contributed by atoms with Gasteiger partial charge in [0.2, 0.25) is 0 Å². The van der Waals surface area contributed by atoms with Crippen molar-refractivity contribution >= 4 is 17.6 Å². The minimum Gasteiger partial charge on any atom is -0.478 e. The second-order valence-corrected chi connectivity index (χ2v) is 9.43. The van der Waals surface area contributed by atoms with Crippen molar-refractivity contribution in [1.29, 1.82) is 0 Å². The number of aryl methyl sites for hydroxylation is 1. The molecule has 2 aromatic carbocycles. The first-order valence-electron chi connectivity index (χ1n) is 11.0. The van der Waals surface area contributed by atoms with Crippen molar-refractivity contribution in [2.75, 3.05) is 0 Å². The van der Waals surface area contributed by atoms with Crippen LogP contribution in [0.25, 0.3) is 5.69 Å². The summed E-state index contributed by atoms with van der Waals surface area (Å²) in [5, 5.41) is 17.2. The number of benzene rings is 2. The summed E-state index contributed by atoms with van der Waals surface area (Å²) in [7, 11) is 0. The molecule has 0 bridgehead atoms. The zero-order valence-electron chi connectivity index (χ0n) is 20.3. The van der Waals surface area contributed by atoms with Crippen molar-refractivity contribution in [3.63, 3.8) is 0 Å². The fraction of sp³-hybridized carbons (Fsp3) is 0.308. The maximum atomic E-state index is 13.1. The molecule has 3 rings (SSSR count). The highest BCUT2D eigenvalue weighted by Gasteiger charge is 2.31. The van der Waals surface area contributed by atoms with Gasteiger partial charge < -0.3 is 15.2 Å². The van der Waals surface area contributed by atoms with Gasteiger partial charge in [0.05, 0.1) is 22.3 Å². The molecule has 1 atom stereocenters. The average molecular weight is 522 g/mol. The maximum Gasteiger partial charge on any atom is 0.416 e. The lowest BCUT2D eigenvalue weighted by atomic mass is 10.0. The van der Waals surface area contributed by atoms with E-state index in [1.54, 1.807) is 49.0 Å². The third kappa shape index (κ3) is 6.20. The van der Waals surface area contributed by atoms with Crippen LogP contribution >= 0.6 is 11.6 Å². The van der Waals surface area contributed by atoms with Crippen LogP contribution < -0.4 is 10.1 Å². The number of hydrogen-bond donors (Lipinski definition) is 2. The number of rotatable bonds is 9. The zero-order valence-corrected chi connectivity index (χ0v) is 21.0. The molecule has 0 aliphatic carbocycles. The zero-order chi connectivity index (χ0) is 26.8. The van der Waals surface area contributed by atoms with E-state index < -0.39 is 23.3 Å². The summed E-state index contributed by atoms with van der Waals surface area (Å²) >= 11 is 6.42. The molecule has 0 aliphatic heterocycles. The van der Waals surface area contributed by atoms with Gasteiger partial charge in [-0.25, -0.2) is 9.48 Å². The van der Waals surface area contributed by atoms with Gasteiger partial charge in [-0.3, -0.25) is 0 Å². The lowest BCUT2D eigenvalue weighted by Crippen LogP contribution is -2.38. The summed E-state index contributed by atoms with van der Waals surface area (Å²) in [6.45, 7) is 10.2. The van der Waals surface area contributed by atoms with Gasteiger partial charge in [-0.05, 0) is 75.2 Å². The molecule has 0 saturated carbocycles. The largest absolute Gasteiger partial charge is 0.478 e. The third-order valence-electron chi connectivity index (χ3n) is 5.55. The Labute approximate surface area is 212 Å². The predicted octanol–water partition coefficient (Wildman–Crippen LogP) is 6.50. The number of halogens is 4. The SMILES string of the molecule is C=C(C)NC(Cc1ccnn1-c1ccc(C(F)(F)F)cc1C)c1ccc(OC(C)(C)C(=O)O)c(Cl)c1. The monoisotopic (exact) mass is 521 g/mol. The highest BCUT2D eigenvalue weighted by Crippen LogP contribution is 2.34. The smallest absolute Gasteiger partial charge is 0.416 e. The van der Waals surface area contributed by atoms with Crippen LogP contribution in [0, 0.1) is 6.92 Å². The molecule has 0 fully saturated rings. The number of nitrogens with one attached hydrogen (secondary N) is 1. The van der Waals surface area contributed by atoms with Gasteiger partial charge in [0, 0.05) is 24.0 Å². The van der Waals surface area contributed by atoms with Gasteiger partial charge in [-0.15, -0.1) is 0 Å². The highest BCUT2D eigenvalue weighted by molar-refractivity contribution is 6.32. The summed E-state index contributed by atoms with van der Waals surface area (Å²) in [6, 6.07) is 10.1. The summed E-state index contributed by atoms with van der Waals surface area (Å²) < 4.78 is 46.5. The Bertz CT molecular complexity index is 1280. The predicted molar refractivity (Wildman–Crippen MR) is 131 cm³/mol. The first kappa shape index (κ1) is 27.1. The molecule has 1 heterocycles. The quantitative estimate of drug-likeness (QED) is 0.336. The van der Waals surface area contributed by atoms with Crippen molar-refractivity contribution in [2.45, 2.75) is 51.9 Å². The molecular weight excluding hydrogens is 495 g/mol. The molecule has 0 saturated heterocycles. The van der Waals surface area contributed by atoms with E-state index >= 15 is 0 Å². The lowest BCUT2D eigenvalue weighted by molar-refractivity contribution is -0.152. The molecule has 0 radical (unpaired) electrons. The molecule has 10 heteroatoms. The molecule has 1 aromatic heterocycles. The molecule has 192 valence electrons. The summed E-state index contributed by atoms with van der Waals surface area (Å²) in [6.07, 6.45) is -2.44. The normalized spacial score (nSPS) is 12.8. The van der Waals surface area contributed by atoms with Crippen molar-refractivity contribution in [3.05, 3.63) is 88.3 Å². The number of aliphatic carboxylic acids is 1. The Morgan fingerprint density at radius 2 is 1.92 bits per heavy atom. The van der Waals surface area contributed by atoms with E-state index in [1.807, 2.05) is 0 Å². The lowest BCUT2D eigenvalue weighted by Gasteiger charge is -2.24. The van der Waals surface area contributed by atoms with Crippen molar-refractivity contribution in [2.24, 2.45) is 0 Å². The maximum absolute atomic E-state index is 13.1. The molecular formula is C26H27ClF3N3O3. The van der Waals surface area contributed by atoms with Crippen LogP contribution in [-0.4, -0.2) is 26.5 Å². The summed E-state index contributed by atoms with van der Waals surface area (Å²) in [5.41, 5.74) is 1.01. The van der Waals surface area contributed by atoms with Gasteiger partial charge in [0.1, 0.15) is 5.75 Å². The van der Waals surface area contributed by atoms with E-state index in [0.29, 0.717) is 23.4 Å². The number of nitrogens with zero attached hydrogens (tertiary/aromatic N) is 2. The van der Waals surface area contributed by atoms with Gasteiger partial charge >= 0.3 is 12.1 Å². The number of ether oxygens (including phenoxy) is 1. The van der Waals surface area contributed by atoms with E-state index in [2.05, 4.69) is 17.0 Å². The Morgan fingerprint density at radius 3 is 2.47 bits per heavy atom. The fourth-order valence-electron chi connectivity index (χ4n) is 3.67. The average Bonchev–Trinajstić information content (AvgIpc) is 3.21. The van der Waals surface area contributed by atoms with E-state index in [4.69, 9.17) is 16.3 Å². The van der Waals surface area contributed by atoms with E-state index in [-0.39, 0.29) is 16.8 Å². The summed E-state index contributed by atoms with van der Waals surface area (Å²) in [4.78, 5) is 11.4. The number of alkyl halides is 3. The minimum atomic E-state index is -4.43. The molecule has 0 amide bonds. The van der Waals surface area contributed by atoms with E-state index in [1.165, 1.54) is 19.9 Å². The second-order valence-electron chi connectivity index (χ2n) is 9.02. The van der Waals surface area contributed by atoms with Gasteiger partial charge in [0.25, 0.3) is 0 Å². The minimum absolute atomic E-state index is 0.229. The van der Waals surface area contributed by atoms with Crippen molar-refractivity contribution in [3.8, 4) is 11.4 Å². The van der Waals surface area contributed by atoms with Crippen LogP contribution in [0.5, 0.6) is 5.75 Å². The summed E-state index contributed by atoms with van der Waals surface area (Å²) in [5.74, 6) is -0.899. The Kier molecular flexibility index (Phi) is 7.73. The van der Waals surface area contributed by atoms with Crippen LogP contribution in [0.15, 0.2) is 60.9 Å². The molecule has 36 heavy (non-hydrogen) atoms. The van der Waals surface area contributed by atoms with Crippen molar-refractivity contribution < 1.29 is 27.8 Å². The molecule has 0 spiro atoms. The van der Waals surface area contributed by atoms with Gasteiger partial charge in [0.15, 0.2) is 5.60 Å². The third-order valence-corrected chi connectivity index (χ3v) is 5.84. The first-order chi connectivity index (χ1) is 16.7. The number of carboxylic acids is 1. The Hall–Kier alpha value is -3.46. The van der Waals surface area contributed by atoms with Gasteiger partial charge in [-0.1, -0.05) is 24.2 Å². The molecule has 0 aliphatic rings. The first-order valence-corrected chi connectivity index (χ1v) is 11.4. The van der Waals surface area contributed by atoms with Crippen LogP contribution in [-0.2, 0) is 17.4 Å². The number of carboxylic acid groups (broad SMARTS) is 1. The van der Waals surface area contributed by atoms with Gasteiger partial charge in [-0.2, -0.15) is 18.3 Å². The molecule has 6 nitrogen and oxygen atoms in total. The van der Waals surface area contributed by atoms with Crippen LogP contribution in [0.2, 0.25) is 5.02 Å². The number of hydrogen-bond acceptors (Lipinski definition) is 4.